The van der Waals surface area contributed by atoms with Crippen molar-refractivity contribution in [3.05, 3.63) is 47.2 Å². The van der Waals surface area contributed by atoms with E-state index < -0.39 is 8.80 Å². The van der Waals surface area contributed by atoms with E-state index in [0.717, 1.165) is 5.54 Å². The number of rotatable bonds is 1. The average molecular weight is 365 g/mol. The fourth-order valence-electron chi connectivity index (χ4n) is 1.86. The van der Waals surface area contributed by atoms with Crippen molar-refractivity contribution in [2.24, 2.45) is 0 Å². The molecule has 1 aliphatic rings. The van der Waals surface area contributed by atoms with Gasteiger partial charge in [0.25, 0.3) is 0 Å². The van der Waals surface area contributed by atoms with Gasteiger partial charge in [0.05, 0.1) is 0 Å². The fourth-order valence-corrected chi connectivity index (χ4v) is 3.44. The first-order valence-corrected chi connectivity index (χ1v) is 9.29. The van der Waals surface area contributed by atoms with Crippen LogP contribution >= 0.6 is 0 Å². The van der Waals surface area contributed by atoms with E-state index in [0.29, 0.717) is 0 Å². The van der Waals surface area contributed by atoms with Crippen LogP contribution < -0.4 is 24.8 Å². The number of fused-ring (bicyclic) bond motifs is 1. The molecule has 0 spiro atoms. The van der Waals surface area contributed by atoms with Gasteiger partial charge in [0.15, 0.2) is 0 Å². The van der Waals surface area contributed by atoms with Crippen molar-refractivity contribution in [3.8, 4) is 0 Å². The normalized spacial score (nSPS) is 15.1. The molecular weight excluding hydrogens is 341 g/mol. The molecule has 0 saturated heterocycles. The maximum atomic E-state index is 6.94. The summed E-state index contributed by atoms with van der Waals surface area (Å²) in [6.45, 7) is 10.4. The Hall–Kier alpha value is 0.431. The number of halogens is 2. The third-order valence-corrected chi connectivity index (χ3v) is 4.57. The summed E-state index contributed by atoms with van der Waals surface area (Å²) in [5, 5.41) is 0. The first kappa shape index (κ1) is 25.4. The molecule has 1 radical (unpaired) electrons. The molecule has 0 fully saturated rings. The number of hydrogen-bond acceptors (Lipinski definition) is 0. The first-order chi connectivity index (χ1) is 7.79. The van der Waals surface area contributed by atoms with Crippen LogP contribution in [0.15, 0.2) is 30.3 Å². The van der Waals surface area contributed by atoms with Gasteiger partial charge in [0.2, 0.25) is 0 Å². The first-order valence-electron chi connectivity index (χ1n) is 6.31. The molecule has 0 saturated carbocycles. The van der Waals surface area contributed by atoms with E-state index in [4.69, 9.17) is 5.73 Å². The Kier molecular flexibility index (Phi) is 14.0. The molecule has 0 bridgehead atoms. The Morgan fingerprint density at radius 3 is 1.95 bits per heavy atom. The molecule has 111 valence electrons. The summed E-state index contributed by atoms with van der Waals surface area (Å²) < 4.78 is 0. The van der Waals surface area contributed by atoms with Gasteiger partial charge in [-0.3, -0.25) is 0 Å². The topological polar surface area (TPSA) is 23.8 Å². The van der Waals surface area contributed by atoms with Crippen LogP contribution in [-0.4, -0.2) is 14.3 Å². The van der Waals surface area contributed by atoms with Gasteiger partial charge in [-0.1, -0.05) is 70.3 Å². The Morgan fingerprint density at radius 2 is 1.50 bits per heavy atom. The molecule has 1 N–H and O–H groups in total. The molecule has 2 rings (SSSR count). The van der Waals surface area contributed by atoms with E-state index in [1.807, 2.05) is 20.8 Å². The van der Waals surface area contributed by atoms with Crippen LogP contribution in [0.1, 0.15) is 37.4 Å². The summed E-state index contributed by atoms with van der Waals surface area (Å²) in [4.78, 5) is 0. The summed E-state index contributed by atoms with van der Waals surface area (Å²) in [5.74, 6) is 0. The Balaban J connectivity index is -0.000000322. The third-order valence-electron chi connectivity index (χ3n) is 2.56. The summed E-state index contributed by atoms with van der Waals surface area (Å²) >= 11 is 0. The Morgan fingerprint density at radius 1 is 1.05 bits per heavy atom. The standard InChI is InChI=1S/C11H14Si.C4H10N.2ClH.Ti/c1-12(2)11-8-7-9-5-3-4-6-10(9)11;1-4(2,3)5;;;/h3-8,11-12H,1-2H3;5H,1-3H3;2*1H;/q;-1;;;+3/p-2. The second-order valence-electron chi connectivity index (χ2n) is 6.01. The molecule has 1 aromatic rings. The van der Waals surface area contributed by atoms with E-state index in [-0.39, 0.29) is 52.1 Å². The molecule has 1 unspecified atom stereocenters. The van der Waals surface area contributed by atoms with Crippen molar-refractivity contribution in [3.63, 3.8) is 0 Å². The Labute approximate surface area is 153 Å². The zero-order chi connectivity index (χ0) is 13.1. The molecule has 1 nitrogen and oxygen atoms in total. The molecule has 5 heteroatoms. The molecule has 0 aliphatic heterocycles. The van der Waals surface area contributed by atoms with E-state index in [1.54, 1.807) is 5.56 Å². The van der Waals surface area contributed by atoms with Gasteiger partial charge in [0, 0.05) is 8.80 Å². The van der Waals surface area contributed by atoms with Crippen LogP contribution in [0.3, 0.4) is 0 Å². The zero-order valence-electron chi connectivity index (χ0n) is 12.9. The van der Waals surface area contributed by atoms with Crippen LogP contribution in [0, 0.1) is 0 Å². The minimum Gasteiger partial charge on any atom is -1.00 e. The van der Waals surface area contributed by atoms with Crippen molar-refractivity contribution >= 4 is 14.9 Å². The molecular formula is C15H24Cl2NSiTi. The second kappa shape index (κ2) is 11.1. The second-order valence-corrected chi connectivity index (χ2v) is 9.21. The van der Waals surface area contributed by atoms with Gasteiger partial charge in [-0.2, -0.15) is 0 Å². The van der Waals surface area contributed by atoms with Crippen molar-refractivity contribution in [2.75, 3.05) is 0 Å². The number of allylic oxidation sites excluding steroid dienone is 1. The zero-order valence-corrected chi connectivity index (χ0v) is 17.1. The Bertz CT molecular complexity index is 397. The molecule has 1 atom stereocenters. The summed E-state index contributed by atoms with van der Waals surface area (Å²) in [7, 11) is -0.547. The number of hydrogen-bond donors (Lipinski definition) is 0. The van der Waals surface area contributed by atoms with Gasteiger partial charge in [-0.05, 0) is 16.7 Å². The maximum absolute atomic E-state index is 6.94. The quantitative estimate of drug-likeness (QED) is 0.551. The molecule has 1 aliphatic carbocycles. The van der Waals surface area contributed by atoms with Crippen molar-refractivity contribution in [2.45, 2.75) is 44.9 Å². The van der Waals surface area contributed by atoms with Crippen LogP contribution in [0.5, 0.6) is 0 Å². The van der Waals surface area contributed by atoms with Crippen LogP contribution in [0.2, 0.25) is 13.1 Å². The number of benzene rings is 1. The van der Waals surface area contributed by atoms with Gasteiger partial charge in [0.1, 0.15) is 0 Å². The van der Waals surface area contributed by atoms with E-state index >= 15 is 0 Å². The van der Waals surface area contributed by atoms with Crippen molar-refractivity contribution in [1.82, 2.24) is 0 Å². The molecule has 0 heterocycles. The molecule has 0 amide bonds. The molecule has 1 aromatic carbocycles. The average Bonchev–Trinajstić information content (AvgIpc) is 2.58. The smallest absolute Gasteiger partial charge is 1.00 e. The summed E-state index contributed by atoms with van der Waals surface area (Å²) in [6.07, 6.45) is 4.65. The summed E-state index contributed by atoms with van der Waals surface area (Å²) in [6, 6.07) is 8.75. The van der Waals surface area contributed by atoms with Gasteiger partial charge >= 0.3 is 21.7 Å². The third kappa shape index (κ3) is 9.38. The van der Waals surface area contributed by atoms with E-state index in [9.17, 15) is 0 Å². The van der Waals surface area contributed by atoms with Crippen molar-refractivity contribution < 1.29 is 46.5 Å². The van der Waals surface area contributed by atoms with Crippen molar-refractivity contribution in [1.29, 1.82) is 0 Å². The largest absolute Gasteiger partial charge is 3.00 e. The van der Waals surface area contributed by atoms with Gasteiger partial charge < -0.3 is 30.5 Å². The maximum Gasteiger partial charge on any atom is 3.00 e. The SMILES string of the molecule is CC(C)(C)[NH-].C[SiH](C)C1C=Cc2ccccc21.[Cl-].[Cl-].[Ti+3]. The monoisotopic (exact) mass is 364 g/mol. The molecule has 20 heavy (non-hydrogen) atoms. The fraction of sp³-hybridized carbons (Fsp3) is 0.467. The van der Waals surface area contributed by atoms with Gasteiger partial charge in [-0.15, -0.1) is 5.54 Å². The van der Waals surface area contributed by atoms with E-state index in [1.165, 1.54) is 5.56 Å². The predicted octanol–water partition coefficient (Wildman–Crippen LogP) is -1.33. The van der Waals surface area contributed by atoms with Crippen LogP contribution in [-0.2, 0) is 21.7 Å². The molecule has 0 aromatic heterocycles. The summed E-state index contributed by atoms with van der Waals surface area (Å²) in [5.41, 5.74) is 10.5. The van der Waals surface area contributed by atoms with E-state index in [2.05, 4.69) is 49.5 Å². The van der Waals surface area contributed by atoms with Crippen LogP contribution in [0.25, 0.3) is 11.8 Å². The van der Waals surface area contributed by atoms with Crippen LogP contribution in [0.4, 0.5) is 0 Å². The minimum atomic E-state index is -0.547. The van der Waals surface area contributed by atoms with Gasteiger partial charge in [-0.25, -0.2) is 0 Å². The predicted molar refractivity (Wildman–Crippen MR) is 81.2 cm³/mol. The minimum absolute atomic E-state index is 0. The number of nitrogens with one attached hydrogen (secondary N) is 1.